The average Bonchev–Trinajstić information content (AvgIpc) is 3.15. The molecule has 0 fully saturated rings. The zero-order chi connectivity index (χ0) is 15.1. The number of benzene rings is 1. The number of fused-ring (bicyclic) bond motifs is 3. The quantitative estimate of drug-likeness (QED) is 0.926. The molecule has 3 heterocycles. The van der Waals surface area contributed by atoms with E-state index in [1.165, 1.54) is 0 Å². The number of aromatic nitrogens is 1. The number of hydrogen-bond acceptors (Lipinski definition) is 3. The van der Waals surface area contributed by atoms with Crippen LogP contribution in [0.2, 0.25) is 5.02 Å². The van der Waals surface area contributed by atoms with Crippen molar-refractivity contribution in [3.63, 3.8) is 0 Å². The van der Waals surface area contributed by atoms with Gasteiger partial charge in [0.05, 0.1) is 6.10 Å². The van der Waals surface area contributed by atoms with Crippen LogP contribution in [-0.4, -0.2) is 21.8 Å². The third kappa shape index (κ3) is 2.21. The van der Waals surface area contributed by atoms with Crippen molar-refractivity contribution in [3.05, 3.63) is 70.6 Å². The van der Waals surface area contributed by atoms with Gasteiger partial charge < -0.3 is 9.67 Å². The molecule has 4 nitrogen and oxygen atoms in total. The molecule has 0 spiro atoms. The molecule has 0 bridgehead atoms. The van der Waals surface area contributed by atoms with E-state index in [9.17, 15) is 5.11 Å². The maximum atomic E-state index is 10.5. The van der Waals surface area contributed by atoms with Gasteiger partial charge in [-0.25, -0.2) is 9.98 Å². The Balaban J connectivity index is 1.65. The lowest BCUT2D eigenvalue weighted by molar-refractivity contribution is 0.162. The van der Waals surface area contributed by atoms with Gasteiger partial charge in [-0.3, -0.25) is 0 Å². The molecular weight excluding hydrogens is 298 g/mol. The lowest BCUT2D eigenvalue weighted by atomic mass is 9.91. The number of aliphatic hydroxyl groups is 1. The highest BCUT2D eigenvalue weighted by Gasteiger charge is 2.28. The fourth-order valence-corrected chi connectivity index (χ4v) is 3.22. The maximum Gasteiger partial charge on any atom is 0.164 e. The first-order valence-corrected chi connectivity index (χ1v) is 7.54. The van der Waals surface area contributed by atoms with Crippen molar-refractivity contribution in [2.75, 3.05) is 0 Å². The zero-order valence-electron chi connectivity index (χ0n) is 11.7. The average molecular weight is 312 g/mol. The minimum Gasteiger partial charge on any atom is -0.388 e. The van der Waals surface area contributed by atoms with Gasteiger partial charge in [0.2, 0.25) is 0 Å². The van der Waals surface area contributed by atoms with Gasteiger partial charge >= 0.3 is 0 Å². The Morgan fingerprint density at radius 2 is 2.18 bits per heavy atom. The Hall–Kier alpha value is -2.17. The first kappa shape index (κ1) is 13.5. The molecule has 5 heteroatoms. The van der Waals surface area contributed by atoms with Crippen LogP contribution in [0.15, 0.2) is 64.4 Å². The first-order chi connectivity index (χ1) is 10.7. The molecule has 1 aromatic carbocycles. The van der Waals surface area contributed by atoms with Crippen LogP contribution in [0, 0.1) is 0 Å². The minimum atomic E-state index is -0.576. The fourth-order valence-electron chi connectivity index (χ4n) is 3.02. The summed E-state index contributed by atoms with van der Waals surface area (Å²) >= 11 is 6.01. The lowest BCUT2D eigenvalue weighted by Gasteiger charge is -2.24. The van der Waals surface area contributed by atoms with E-state index >= 15 is 0 Å². The largest absolute Gasteiger partial charge is 0.388 e. The molecule has 0 amide bonds. The Labute approximate surface area is 133 Å². The second kappa shape index (κ2) is 5.23. The van der Waals surface area contributed by atoms with E-state index < -0.39 is 6.10 Å². The van der Waals surface area contributed by atoms with Crippen LogP contribution in [-0.2, 0) is 0 Å². The molecule has 2 unspecified atom stereocenters. The third-order valence-electron chi connectivity index (χ3n) is 4.06. The molecule has 4 rings (SSSR count). The summed E-state index contributed by atoms with van der Waals surface area (Å²) in [5, 5.41) is 11.2. The van der Waals surface area contributed by atoms with Gasteiger partial charge in [0, 0.05) is 22.8 Å². The summed E-state index contributed by atoms with van der Waals surface area (Å²) < 4.78 is 2.04. The van der Waals surface area contributed by atoms with Gasteiger partial charge in [0.25, 0.3) is 0 Å². The molecular formula is C17H14ClN3O. The van der Waals surface area contributed by atoms with Crippen LogP contribution >= 0.6 is 11.6 Å². The number of nitrogens with zero attached hydrogens (tertiary/aromatic N) is 3. The monoisotopic (exact) mass is 311 g/mol. The number of aliphatic hydroxyl groups excluding tert-OH is 1. The second-order valence-electron chi connectivity index (χ2n) is 5.47. The predicted molar refractivity (Wildman–Crippen MR) is 87.6 cm³/mol. The SMILES string of the molecule is OC(CC1C=C2N=CN=C2n2cccc21)c1cccc(Cl)c1. The predicted octanol–water partition coefficient (Wildman–Crippen LogP) is 3.53. The lowest BCUT2D eigenvalue weighted by Crippen LogP contribution is -2.21. The molecule has 2 aliphatic heterocycles. The van der Waals surface area contributed by atoms with Crippen molar-refractivity contribution in [1.29, 1.82) is 0 Å². The molecule has 0 saturated carbocycles. The van der Waals surface area contributed by atoms with Crippen LogP contribution < -0.4 is 0 Å². The zero-order valence-corrected chi connectivity index (χ0v) is 12.5. The van der Waals surface area contributed by atoms with E-state index in [0.29, 0.717) is 11.4 Å². The van der Waals surface area contributed by atoms with E-state index in [0.717, 1.165) is 22.8 Å². The molecule has 2 aromatic rings. The number of rotatable bonds is 3. The van der Waals surface area contributed by atoms with Gasteiger partial charge in [0.15, 0.2) is 5.84 Å². The Kier molecular flexibility index (Phi) is 3.21. The summed E-state index contributed by atoms with van der Waals surface area (Å²) in [4.78, 5) is 8.58. The normalized spacial score (nSPS) is 20.2. The third-order valence-corrected chi connectivity index (χ3v) is 4.30. The maximum absolute atomic E-state index is 10.5. The Morgan fingerprint density at radius 3 is 3.05 bits per heavy atom. The number of hydrogen-bond donors (Lipinski definition) is 1. The van der Waals surface area contributed by atoms with E-state index in [2.05, 4.69) is 22.1 Å². The van der Waals surface area contributed by atoms with Crippen molar-refractivity contribution in [2.24, 2.45) is 9.98 Å². The highest BCUT2D eigenvalue weighted by atomic mass is 35.5. The van der Waals surface area contributed by atoms with Crippen molar-refractivity contribution in [1.82, 2.24) is 4.57 Å². The first-order valence-electron chi connectivity index (χ1n) is 7.16. The number of aliphatic imine (C=N–C) groups is 2. The van der Waals surface area contributed by atoms with Gasteiger partial charge in [-0.2, -0.15) is 0 Å². The van der Waals surface area contributed by atoms with Gasteiger partial charge in [-0.05, 0) is 42.3 Å². The Morgan fingerprint density at radius 1 is 1.27 bits per heavy atom. The van der Waals surface area contributed by atoms with E-state index in [-0.39, 0.29) is 5.92 Å². The number of halogens is 1. The summed E-state index contributed by atoms with van der Waals surface area (Å²) in [7, 11) is 0. The molecule has 110 valence electrons. The van der Waals surface area contributed by atoms with Crippen molar-refractivity contribution in [3.8, 4) is 0 Å². The van der Waals surface area contributed by atoms with Crippen LogP contribution in [0.3, 0.4) is 0 Å². The topological polar surface area (TPSA) is 49.9 Å². The highest BCUT2D eigenvalue weighted by molar-refractivity contribution is 6.30. The van der Waals surface area contributed by atoms with Crippen LogP contribution in [0.1, 0.15) is 29.7 Å². The van der Waals surface area contributed by atoms with Crippen molar-refractivity contribution < 1.29 is 5.11 Å². The molecule has 0 saturated heterocycles. The van der Waals surface area contributed by atoms with E-state index in [1.54, 1.807) is 6.34 Å². The van der Waals surface area contributed by atoms with Crippen molar-refractivity contribution >= 4 is 23.8 Å². The minimum absolute atomic E-state index is 0.0909. The summed E-state index contributed by atoms with van der Waals surface area (Å²) in [5.41, 5.74) is 2.82. The van der Waals surface area contributed by atoms with Gasteiger partial charge in [-0.15, -0.1) is 0 Å². The fraction of sp³-hybridized carbons (Fsp3) is 0.176. The molecule has 0 radical (unpaired) electrons. The smallest absolute Gasteiger partial charge is 0.164 e. The summed E-state index contributed by atoms with van der Waals surface area (Å²) in [6.45, 7) is 0. The second-order valence-corrected chi connectivity index (χ2v) is 5.90. The molecule has 22 heavy (non-hydrogen) atoms. The van der Waals surface area contributed by atoms with Crippen LogP contribution in [0.4, 0.5) is 0 Å². The highest BCUT2D eigenvalue weighted by Crippen LogP contribution is 2.35. The van der Waals surface area contributed by atoms with Crippen LogP contribution in [0.5, 0.6) is 0 Å². The van der Waals surface area contributed by atoms with Gasteiger partial charge in [0.1, 0.15) is 12.0 Å². The van der Waals surface area contributed by atoms with Crippen molar-refractivity contribution in [2.45, 2.75) is 18.4 Å². The standard InChI is InChI=1S/C17H14ClN3O/c18-13-4-1-3-11(7-13)16(22)9-12-8-14-17(20-10-19-14)21-6-2-5-15(12)21/h1-8,10,12,16,22H,9H2. The molecule has 0 aliphatic carbocycles. The molecule has 1 aromatic heterocycles. The van der Waals surface area contributed by atoms with E-state index in [1.807, 2.05) is 41.1 Å². The number of allylic oxidation sites excluding steroid dienone is 2. The van der Waals surface area contributed by atoms with Gasteiger partial charge in [-0.1, -0.05) is 23.7 Å². The molecule has 2 aliphatic rings. The van der Waals surface area contributed by atoms with Crippen LogP contribution in [0.25, 0.3) is 0 Å². The summed E-state index contributed by atoms with van der Waals surface area (Å²) in [6.07, 6.45) is 5.63. The summed E-state index contributed by atoms with van der Waals surface area (Å²) in [5.74, 6) is 0.946. The molecule has 1 N–H and O–H groups in total. The van der Waals surface area contributed by atoms with E-state index in [4.69, 9.17) is 11.6 Å². The summed E-state index contributed by atoms with van der Waals surface area (Å²) in [6, 6.07) is 11.4. The Bertz CT molecular complexity index is 819. The molecule has 2 atom stereocenters.